The molecule has 1 aromatic heterocycles. The maximum Gasteiger partial charge on any atom is 0.257 e. The van der Waals surface area contributed by atoms with E-state index in [2.05, 4.69) is 9.97 Å². The zero-order chi connectivity index (χ0) is 20.9. The molecule has 3 saturated heterocycles. The summed E-state index contributed by atoms with van der Waals surface area (Å²) in [5.41, 5.74) is -0.456. The Morgan fingerprint density at radius 1 is 1.17 bits per heavy atom. The molecule has 30 heavy (non-hydrogen) atoms. The highest BCUT2D eigenvalue weighted by atomic mass is 19.1. The van der Waals surface area contributed by atoms with Gasteiger partial charge in [0.2, 0.25) is 5.82 Å². The average Bonchev–Trinajstić information content (AvgIpc) is 3.26. The summed E-state index contributed by atoms with van der Waals surface area (Å²) < 4.78 is 33.7. The molecule has 7 nitrogen and oxygen atoms in total. The van der Waals surface area contributed by atoms with E-state index in [1.54, 1.807) is 17.2 Å². The largest absolute Gasteiger partial charge is 0.356 e. The molecule has 3 fully saturated rings. The summed E-state index contributed by atoms with van der Waals surface area (Å²) in [7, 11) is 0. The third-order valence-corrected chi connectivity index (χ3v) is 6.22. The molecule has 0 aliphatic carbocycles. The second kappa shape index (κ2) is 6.99. The number of carbonyl (C=O) groups excluding carboxylic acids is 1. The van der Waals surface area contributed by atoms with Crippen LogP contribution in [0.3, 0.4) is 0 Å². The first-order valence-corrected chi connectivity index (χ1v) is 9.94. The van der Waals surface area contributed by atoms with Crippen molar-refractivity contribution < 1.29 is 18.3 Å². The maximum atomic E-state index is 13.7. The maximum absolute atomic E-state index is 13.7. The van der Waals surface area contributed by atoms with Crippen molar-refractivity contribution in [3.63, 3.8) is 0 Å². The van der Waals surface area contributed by atoms with Crippen LogP contribution in [0.1, 0.15) is 43.1 Å². The predicted molar refractivity (Wildman–Crippen MR) is 101 cm³/mol. The minimum absolute atomic E-state index is 0.104. The van der Waals surface area contributed by atoms with Crippen LogP contribution in [0, 0.1) is 23.0 Å². The average molecular weight is 411 g/mol. The van der Waals surface area contributed by atoms with Crippen LogP contribution < -0.4 is 4.90 Å². The molecule has 5 rings (SSSR count). The summed E-state index contributed by atoms with van der Waals surface area (Å²) in [6.45, 7) is 1.10. The van der Waals surface area contributed by atoms with Crippen LogP contribution in [0.25, 0.3) is 0 Å². The van der Waals surface area contributed by atoms with Crippen molar-refractivity contribution >= 4 is 11.7 Å². The van der Waals surface area contributed by atoms with Gasteiger partial charge in [0.05, 0.1) is 6.04 Å². The number of ether oxygens (including phenoxy) is 1. The molecule has 0 N–H and O–H groups in total. The summed E-state index contributed by atoms with van der Waals surface area (Å²) in [5.74, 6) is -0.654. The van der Waals surface area contributed by atoms with Gasteiger partial charge >= 0.3 is 0 Å². The lowest BCUT2D eigenvalue weighted by Gasteiger charge is -2.38. The lowest BCUT2D eigenvalue weighted by molar-refractivity contribution is -0.140. The van der Waals surface area contributed by atoms with Crippen LogP contribution in [0.2, 0.25) is 0 Å². The highest BCUT2D eigenvalue weighted by molar-refractivity contribution is 5.88. The first-order valence-electron chi connectivity index (χ1n) is 9.94. The Labute approximate surface area is 171 Å². The monoisotopic (exact) mass is 411 g/mol. The molecule has 2 aromatic rings. The van der Waals surface area contributed by atoms with Gasteiger partial charge in [-0.1, -0.05) is 0 Å². The van der Waals surface area contributed by atoms with E-state index >= 15 is 0 Å². The quantitative estimate of drug-likeness (QED) is 0.756. The van der Waals surface area contributed by atoms with Gasteiger partial charge in [0.15, 0.2) is 5.60 Å². The van der Waals surface area contributed by atoms with Crippen LogP contribution >= 0.6 is 0 Å². The van der Waals surface area contributed by atoms with E-state index < -0.39 is 17.2 Å². The zero-order valence-corrected chi connectivity index (χ0v) is 16.1. The number of amides is 1. The van der Waals surface area contributed by atoms with Crippen molar-refractivity contribution in [2.24, 2.45) is 0 Å². The molecule has 0 radical (unpaired) electrons. The fourth-order valence-electron chi connectivity index (χ4n) is 4.82. The number of carbonyl (C=O) groups is 1. The predicted octanol–water partition coefficient (Wildman–Crippen LogP) is 2.69. The van der Waals surface area contributed by atoms with Crippen molar-refractivity contribution in [3.05, 3.63) is 53.5 Å². The van der Waals surface area contributed by atoms with Crippen molar-refractivity contribution in [3.8, 4) is 6.07 Å². The summed E-state index contributed by atoms with van der Waals surface area (Å²) >= 11 is 0. The SMILES string of the molecule is N#Cc1nccc(N2CCC3(CC2)O[C@@H]2CC[C@@H](c4cc(F)cc(F)c4)N2C3=O)n1. The van der Waals surface area contributed by atoms with Gasteiger partial charge in [-0.15, -0.1) is 0 Å². The minimum atomic E-state index is -0.920. The highest BCUT2D eigenvalue weighted by Gasteiger charge is 2.58. The number of piperidine rings is 1. The third-order valence-electron chi connectivity index (χ3n) is 6.22. The van der Waals surface area contributed by atoms with Gasteiger partial charge < -0.3 is 14.5 Å². The number of nitrogens with zero attached hydrogens (tertiary/aromatic N) is 5. The molecule has 0 saturated carbocycles. The number of fused-ring (bicyclic) bond motifs is 1. The Kier molecular flexibility index (Phi) is 4.40. The molecular formula is C21H19F2N5O2. The van der Waals surface area contributed by atoms with Gasteiger partial charge in [-0.25, -0.2) is 18.7 Å². The highest BCUT2D eigenvalue weighted by Crippen LogP contribution is 2.48. The normalized spacial score (nSPS) is 24.9. The molecule has 4 heterocycles. The van der Waals surface area contributed by atoms with Gasteiger partial charge in [-0.2, -0.15) is 5.26 Å². The first kappa shape index (κ1) is 18.9. The standard InChI is InChI=1S/C21H19F2N5O2/c22-14-9-13(10-15(23)11-14)16-1-2-19-28(16)20(29)21(30-19)4-7-27(8-5-21)18-3-6-25-17(12-24)26-18/h3,6,9-11,16,19H,1-2,4-5,7-8H2/t16-,19+/m0/s1. The second-order valence-corrected chi connectivity index (χ2v) is 7.91. The molecule has 3 aliphatic rings. The van der Waals surface area contributed by atoms with E-state index in [9.17, 15) is 13.6 Å². The first-order chi connectivity index (χ1) is 14.5. The fraction of sp³-hybridized carbons (Fsp3) is 0.429. The number of aromatic nitrogens is 2. The van der Waals surface area contributed by atoms with Crippen LogP contribution in [-0.2, 0) is 9.53 Å². The number of halogens is 2. The Bertz CT molecular complexity index is 1030. The van der Waals surface area contributed by atoms with Crippen LogP contribution in [-0.4, -0.2) is 45.7 Å². The Balaban J connectivity index is 1.34. The lowest BCUT2D eigenvalue weighted by Crippen LogP contribution is -2.50. The lowest BCUT2D eigenvalue weighted by atomic mass is 9.89. The van der Waals surface area contributed by atoms with Gasteiger partial charge in [0, 0.05) is 38.2 Å². The van der Waals surface area contributed by atoms with Crippen molar-refractivity contribution in [1.29, 1.82) is 5.26 Å². The zero-order valence-electron chi connectivity index (χ0n) is 16.1. The van der Waals surface area contributed by atoms with Crippen molar-refractivity contribution in [2.45, 2.75) is 43.6 Å². The third kappa shape index (κ3) is 2.99. The summed E-state index contributed by atoms with van der Waals surface area (Å²) in [4.78, 5) is 25.2. The molecule has 3 aliphatic heterocycles. The van der Waals surface area contributed by atoms with Gasteiger partial charge in [-0.05, 0) is 36.6 Å². The number of hydrogen-bond acceptors (Lipinski definition) is 6. The number of nitriles is 1. The topological polar surface area (TPSA) is 82.4 Å². The smallest absolute Gasteiger partial charge is 0.257 e. The molecule has 0 bridgehead atoms. The van der Waals surface area contributed by atoms with Gasteiger partial charge in [0.25, 0.3) is 5.91 Å². The van der Waals surface area contributed by atoms with Crippen LogP contribution in [0.4, 0.5) is 14.6 Å². The molecule has 0 unspecified atom stereocenters. The van der Waals surface area contributed by atoms with E-state index in [-0.39, 0.29) is 24.0 Å². The summed E-state index contributed by atoms with van der Waals surface area (Å²) in [5, 5.41) is 9.00. The van der Waals surface area contributed by atoms with Crippen molar-refractivity contribution in [2.75, 3.05) is 18.0 Å². The molecular weight excluding hydrogens is 392 g/mol. The van der Waals surface area contributed by atoms with Crippen LogP contribution in [0.15, 0.2) is 30.5 Å². The van der Waals surface area contributed by atoms with Gasteiger partial charge in [0.1, 0.15) is 29.7 Å². The molecule has 2 atom stereocenters. The Hall–Kier alpha value is -3.12. The Morgan fingerprint density at radius 2 is 1.90 bits per heavy atom. The molecule has 9 heteroatoms. The molecule has 1 spiro atoms. The summed E-state index contributed by atoms with van der Waals surface area (Å²) in [6.07, 6.45) is 3.38. The number of hydrogen-bond donors (Lipinski definition) is 0. The van der Waals surface area contributed by atoms with E-state index in [4.69, 9.17) is 10.00 Å². The molecule has 1 aromatic carbocycles. The number of anilines is 1. The van der Waals surface area contributed by atoms with E-state index in [1.165, 1.54) is 12.1 Å². The van der Waals surface area contributed by atoms with E-state index in [0.717, 1.165) is 6.07 Å². The molecule has 1 amide bonds. The second-order valence-electron chi connectivity index (χ2n) is 7.91. The fourth-order valence-corrected chi connectivity index (χ4v) is 4.82. The minimum Gasteiger partial charge on any atom is -0.356 e. The van der Waals surface area contributed by atoms with Gasteiger partial charge in [-0.3, -0.25) is 4.79 Å². The molecule has 154 valence electrons. The van der Waals surface area contributed by atoms with Crippen LogP contribution in [0.5, 0.6) is 0 Å². The Morgan fingerprint density at radius 3 is 2.60 bits per heavy atom. The number of rotatable bonds is 2. The summed E-state index contributed by atoms with van der Waals surface area (Å²) in [6, 6.07) is 6.70. The van der Waals surface area contributed by atoms with E-state index in [1.807, 2.05) is 11.0 Å². The van der Waals surface area contributed by atoms with E-state index in [0.29, 0.717) is 50.2 Å². The van der Waals surface area contributed by atoms with Crippen molar-refractivity contribution in [1.82, 2.24) is 14.9 Å². The number of benzene rings is 1.